The fourth-order valence-corrected chi connectivity index (χ4v) is 3.15. The van der Waals surface area contributed by atoms with E-state index in [1.807, 2.05) is 20.8 Å². The van der Waals surface area contributed by atoms with Crippen molar-refractivity contribution >= 4 is 8.32 Å². The summed E-state index contributed by atoms with van der Waals surface area (Å²) in [5.74, 6) is -4.70. The molecule has 1 rings (SSSR count). The number of halogens is 4. The third-order valence-electron chi connectivity index (χ3n) is 5.17. The minimum absolute atomic E-state index is 0.285. The summed E-state index contributed by atoms with van der Waals surface area (Å²) in [5, 5.41) is 9.62. The van der Waals surface area contributed by atoms with Crippen molar-refractivity contribution in [2.75, 3.05) is 6.61 Å². The van der Waals surface area contributed by atoms with Crippen LogP contribution in [0, 0.1) is 5.82 Å². The lowest BCUT2D eigenvalue weighted by molar-refractivity contribution is -0.166. The fourth-order valence-electron chi connectivity index (χ4n) is 2.17. The second-order valence-corrected chi connectivity index (χ2v) is 13.2. The van der Waals surface area contributed by atoms with Crippen molar-refractivity contribution in [1.82, 2.24) is 0 Å². The molecule has 0 aliphatic carbocycles. The Bertz CT molecular complexity index is 617. The second kappa shape index (κ2) is 7.57. The van der Waals surface area contributed by atoms with Crippen molar-refractivity contribution in [2.24, 2.45) is 5.73 Å². The van der Waals surface area contributed by atoms with E-state index in [1.54, 1.807) is 13.1 Å². The highest BCUT2D eigenvalue weighted by atomic mass is 28.4. The van der Waals surface area contributed by atoms with Crippen LogP contribution in [0.15, 0.2) is 24.3 Å². The molecule has 26 heavy (non-hydrogen) atoms. The van der Waals surface area contributed by atoms with Crippen LogP contribution in [0.5, 0.6) is 0 Å². The molecule has 8 heteroatoms. The molecule has 0 radical (unpaired) electrons. The summed E-state index contributed by atoms with van der Waals surface area (Å²) in [6.45, 7) is 9.12. The Kier molecular flexibility index (Phi) is 6.72. The van der Waals surface area contributed by atoms with Crippen LogP contribution in [-0.2, 0) is 9.96 Å². The molecule has 0 heterocycles. The average molecular weight is 396 g/mol. The Morgan fingerprint density at radius 2 is 1.65 bits per heavy atom. The zero-order valence-corrected chi connectivity index (χ0v) is 17.1. The van der Waals surface area contributed by atoms with Gasteiger partial charge in [-0.1, -0.05) is 39.0 Å². The predicted molar refractivity (Wildman–Crippen MR) is 96.9 cm³/mol. The molecule has 0 fully saturated rings. The number of rotatable bonds is 7. The fraction of sp³-hybridized carbons (Fsp3) is 0.667. The first-order chi connectivity index (χ1) is 11.5. The topological polar surface area (TPSA) is 55.5 Å². The van der Waals surface area contributed by atoms with Crippen LogP contribution in [0.4, 0.5) is 17.6 Å². The van der Waals surface area contributed by atoms with E-state index in [0.29, 0.717) is 0 Å². The van der Waals surface area contributed by atoms with Crippen molar-refractivity contribution in [3.63, 3.8) is 0 Å². The van der Waals surface area contributed by atoms with E-state index < -0.39 is 44.5 Å². The zero-order valence-electron chi connectivity index (χ0n) is 16.1. The molecule has 0 amide bonds. The van der Waals surface area contributed by atoms with Gasteiger partial charge in [-0.15, -0.1) is 0 Å². The van der Waals surface area contributed by atoms with Crippen LogP contribution in [0.1, 0.15) is 33.3 Å². The van der Waals surface area contributed by atoms with E-state index >= 15 is 0 Å². The Hall–Kier alpha value is -0.963. The smallest absolute Gasteiger partial charge is 0.297 e. The van der Waals surface area contributed by atoms with Crippen molar-refractivity contribution in [3.8, 4) is 0 Å². The minimum Gasteiger partial charge on any atom is -0.411 e. The largest absolute Gasteiger partial charge is 0.411 e. The van der Waals surface area contributed by atoms with Crippen LogP contribution in [-0.4, -0.2) is 38.2 Å². The SMILES string of the molecule is CC(C)(C)[Si](C)(C)OCC(F)(F)[C@@H](O)[C@H](F)[C@](C)(N)c1ccccc1F. The van der Waals surface area contributed by atoms with Gasteiger partial charge in [0.2, 0.25) is 0 Å². The normalized spacial score (nSPS) is 18.3. The van der Waals surface area contributed by atoms with E-state index in [0.717, 1.165) is 13.0 Å². The highest BCUT2D eigenvalue weighted by Crippen LogP contribution is 2.39. The van der Waals surface area contributed by atoms with Crippen LogP contribution < -0.4 is 5.73 Å². The summed E-state index contributed by atoms with van der Waals surface area (Å²) in [5.41, 5.74) is 3.37. The Morgan fingerprint density at radius 1 is 1.15 bits per heavy atom. The van der Waals surface area contributed by atoms with Crippen LogP contribution in [0.25, 0.3) is 0 Å². The highest BCUT2D eigenvalue weighted by Gasteiger charge is 2.52. The number of benzene rings is 1. The lowest BCUT2D eigenvalue weighted by Gasteiger charge is -2.39. The van der Waals surface area contributed by atoms with Gasteiger partial charge in [0.25, 0.3) is 5.92 Å². The van der Waals surface area contributed by atoms with Crippen LogP contribution in [0.2, 0.25) is 18.1 Å². The van der Waals surface area contributed by atoms with E-state index in [-0.39, 0.29) is 10.6 Å². The molecule has 0 aliphatic heterocycles. The number of alkyl halides is 3. The minimum atomic E-state index is -3.87. The molecular formula is C18H29F4NO2Si. The molecule has 0 unspecified atom stereocenters. The van der Waals surface area contributed by atoms with Crippen LogP contribution >= 0.6 is 0 Å². The highest BCUT2D eigenvalue weighted by molar-refractivity contribution is 6.74. The van der Waals surface area contributed by atoms with Crippen molar-refractivity contribution in [1.29, 1.82) is 0 Å². The first-order valence-corrected chi connectivity index (χ1v) is 11.3. The molecular weight excluding hydrogens is 366 g/mol. The third kappa shape index (κ3) is 4.85. The van der Waals surface area contributed by atoms with Gasteiger partial charge in [-0.25, -0.2) is 17.6 Å². The molecule has 3 atom stereocenters. The van der Waals surface area contributed by atoms with Gasteiger partial charge in [0.15, 0.2) is 20.6 Å². The number of hydrogen-bond donors (Lipinski definition) is 2. The van der Waals surface area contributed by atoms with E-state index in [2.05, 4.69) is 0 Å². The van der Waals surface area contributed by atoms with Crippen molar-refractivity contribution in [2.45, 2.75) is 69.6 Å². The lowest BCUT2D eigenvalue weighted by atomic mass is 9.84. The molecule has 0 saturated heterocycles. The molecule has 0 saturated carbocycles. The van der Waals surface area contributed by atoms with E-state index in [4.69, 9.17) is 10.2 Å². The van der Waals surface area contributed by atoms with E-state index in [1.165, 1.54) is 18.2 Å². The quantitative estimate of drug-likeness (QED) is 0.533. The average Bonchev–Trinajstić information content (AvgIpc) is 2.50. The summed E-state index contributed by atoms with van der Waals surface area (Å²) in [4.78, 5) is 0. The van der Waals surface area contributed by atoms with Gasteiger partial charge >= 0.3 is 0 Å². The number of aliphatic hydroxyl groups is 1. The lowest BCUT2D eigenvalue weighted by Crippen LogP contribution is -2.57. The van der Waals surface area contributed by atoms with Gasteiger partial charge < -0.3 is 15.3 Å². The number of aliphatic hydroxyl groups excluding tert-OH is 1. The van der Waals surface area contributed by atoms with Crippen molar-refractivity contribution < 1.29 is 27.1 Å². The first-order valence-electron chi connectivity index (χ1n) is 8.42. The van der Waals surface area contributed by atoms with Gasteiger partial charge in [-0.2, -0.15) is 0 Å². The third-order valence-corrected chi connectivity index (χ3v) is 9.65. The van der Waals surface area contributed by atoms with Gasteiger partial charge in [0, 0.05) is 5.56 Å². The summed E-state index contributed by atoms with van der Waals surface area (Å²) >= 11 is 0. The van der Waals surface area contributed by atoms with Crippen molar-refractivity contribution in [3.05, 3.63) is 35.6 Å². The molecule has 1 aromatic carbocycles. The summed E-state index contributed by atoms with van der Waals surface area (Å²) in [6.07, 6.45) is -5.33. The summed E-state index contributed by atoms with van der Waals surface area (Å²) < 4.78 is 62.8. The van der Waals surface area contributed by atoms with Gasteiger partial charge in [-0.05, 0) is 31.1 Å². The molecule has 0 bridgehead atoms. The Balaban J connectivity index is 2.98. The predicted octanol–water partition coefficient (Wildman–Crippen LogP) is 4.36. The van der Waals surface area contributed by atoms with E-state index in [9.17, 15) is 22.7 Å². The summed E-state index contributed by atoms with van der Waals surface area (Å²) in [6, 6.07) is 5.05. The molecule has 0 aliphatic rings. The molecule has 0 spiro atoms. The monoisotopic (exact) mass is 395 g/mol. The Morgan fingerprint density at radius 3 is 2.12 bits per heavy atom. The Labute approximate surface area is 153 Å². The van der Waals surface area contributed by atoms with Gasteiger partial charge in [-0.3, -0.25) is 0 Å². The second-order valence-electron chi connectivity index (χ2n) is 8.42. The summed E-state index contributed by atoms with van der Waals surface area (Å²) in [7, 11) is -2.52. The molecule has 0 aromatic heterocycles. The van der Waals surface area contributed by atoms with Crippen LogP contribution in [0.3, 0.4) is 0 Å². The molecule has 150 valence electrons. The standard InChI is InChI=1S/C18H29F4NO2Si/c1-16(2,3)26(5,6)25-11-18(21,22)15(24)14(20)17(4,23)12-9-7-8-10-13(12)19/h7-10,14-15,24H,11,23H2,1-6H3/t14-,15-,17+/m0/s1. The maximum absolute atomic E-state index is 14.7. The zero-order chi connectivity index (χ0) is 20.6. The first kappa shape index (κ1) is 23.1. The molecule has 3 nitrogen and oxygen atoms in total. The van der Waals surface area contributed by atoms with Gasteiger partial charge in [0.05, 0.1) is 5.54 Å². The number of nitrogens with two attached hydrogens (primary N) is 1. The maximum Gasteiger partial charge on any atom is 0.297 e. The molecule has 3 N–H and O–H groups in total. The number of hydrogen-bond acceptors (Lipinski definition) is 3. The van der Waals surface area contributed by atoms with Gasteiger partial charge in [0.1, 0.15) is 12.4 Å². The molecule has 1 aromatic rings. The maximum atomic E-state index is 14.7.